The Labute approximate surface area is 152 Å². The van der Waals surface area contributed by atoms with Crippen LogP contribution in [0.15, 0.2) is 47.4 Å². The molecule has 1 heterocycles. The van der Waals surface area contributed by atoms with Gasteiger partial charge in [0.2, 0.25) is 5.91 Å². The highest BCUT2D eigenvalue weighted by atomic mass is 32.2. The Morgan fingerprint density at radius 1 is 1.12 bits per heavy atom. The van der Waals surface area contributed by atoms with Crippen LogP contribution in [-0.4, -0.2) is 34.9 Å². The number of nitrogens with one attached hydrogen (secondary N) is 1. The highest BCUT2D eigenvalue weighted by Gasteiger charge is 2.36. The lowest BCUT2D eigenvalue weighted by Crippen LogP contribution is -2.37. The van der Waals surface area contributed by atoms with Gasteiger partial charge in [0.15, 0.2) is 0 Å². The molecule has 26 heavy (non-hydrogen) atoms. The molecule has 8 heteroatoms. The maximum atomic E-state index is 12.4. The summed E-state index contributed by atoms with van der Waals surface area (Å²) in [5.41, 5.74) is 1.69. The third-order valence-electron chi connectivity index (χ3n) is 3.77. The van der Waals surface area contributed by atoms with Crippen LogP contribution in [0, 0.1) is 6.92 Å². The standard InChI is InChI=1S/C18H14F2N2O3S/c1-10-5-6-13-14(7-10)17(25)22(16(13)24)9-15(23)21-11-3-2-4-12(8-11)26-18(19)20/h2-8,18H,9H2,1H3,(H,21,23). The third kappa shape index (κ3) is 3.75. The zero-order valence-corrected chi connectivity index (χ0v) is 14.5. The van der Waals surface area contributed by atoms with Gasteiger partial charge in [0.1, 0.15) is 6.54 Å². The molecule has 1 aliphatic rings. The summed E-state index contributed by atoms with van der Waals surface area (Å²) in [4.78, 5) is 38.1. The molecule has 1 N–H and O–H groups in total. The van der Waals surface area contributed by atoms with Crippen molar-refractivity contribution in [1.29, 1.82) is 0 Å². The van der Waals surface area contributed by atoms with Crippen LogP contribution in [0.3, 0.4) is 0 Å². The van der Waals surface area contributed by atoms with E-state index in [0.29, 0.717) is 22.3 Å². The number of hydrogen-bond donors (Lipinski definition) is 1. The van der Waals surface area contributed by atoms with Gasteiger partial charge < -0.3 is 5.32 Å². The first-order valence-electron chi connectivity index (χ1n) is 7.67. The van der Waals surface area contributed by atoms with Crippen LogP contribution in [0.5, 0.6) is 0 Å². The van der Waals surface area contributed by atoms with E-state index in [0.717, 1.165) is 10.5 Å². The van der Waals surface area contributed by atoms with Gasteiger partial charge in [0.25, 0.3) is 17.6 Å². The summed E-state index contributed by atoms with van der Waals surface area (Å²) in [6, 6.07) is 10.9. The van der Waals surface area contributed by atoms with E-state index in [1.165, 1.54) is 18.2 Å². The average molecular weight is 376 g/mol. The zero-order valence-electron chi connectivity index (χ0n) is 13.7. The van der Waals surface area contributed by atoms with Crippen LogP contribution < -0.4 is 5.32 Å². The quantitative estimate of drug-likeness (QED) is 0.640. The van der Waals surface area contributed by atoms with Crippen molar-refractivity contribution in [2.45, 2.75) is 17.6 Å². The van der Waals surface area contributed by atoms with Gasteiger partial charge in [-0.05, 0) is 37.3 Å². The SMILES string of the molecule is Cc1ccc2c(c1)C(=O)N(CC(=O)Nc1cccc(SC(F)F)c1)C2=O. The fourth-order valence-corrected chi connectivity index (χ4v) is 3.20. The van der Waals surface area contributed by atoms with Gasteiger partial charge in [0, 0.05) is 10.6 Å². The lowest BCUT2D eigenvalue weighted by Gasteiger charge is -2.14. The molecule has 0 aliphatic carbocycles. The highest BCUT2D eigenvalue weighted by molar-refractivity contribution is 7.99. The number of halogens is 2. The number of anilines is 1. The number of benzene rings is 2. The summed E-state index contributed by atoms with van der Waals surface area (Å²) in [5.74, 6) is -4.20. The van der Waals surface area contributed by atoms with Crippen LogP contribution in [0.2, 0.25) is 0 Å². The largest absolute Gasteiger partial charge is 0.324 e. The molecule has 1 aliphatic heterocycles. The number of fused-ring (bicyclic) bond motifs is 1. The molecule has 3 rings (SSSR count). The van der Waals surface area contributed by atoms with Gasteiger partial charge in [-0.2, -0.15) is 8.78 Å². The van der Waals surface area contributed by atoms with Crippen molar-refractivity contribution in [3.8, 4) is 0 Å². The van der Waals surface area contributed by atoms with E-state index in [-0.39, 0.29) is 11.1 Å². The fraction of sp³-hybridized carbons (Fsp3) is 0.167. The molecule has 0 spiro atoms. The molecule has 3 amide bonds. The van der Waals surface area contributed by atoms with Crippen molar-refractivity contribution in [3.63, 3.8) is 0 Å². The number of carbonyl (C=O) groups excluding carboxylic acids is 3. The number of thioether (sulfide) groups is 1. The van der Waals surface area contributed by atoms with E-state index in [2.05, 4.69) is 5.32 Å². The van der Waals surface area contributed by atoms with E-state index in [1.54, 1.807) is 31.2 Å². The van der Waals surface area contributed by atoms with Gasteiger partial charge >= 0.3 is 0 Å². The lowest BCUT2D eigenvalue weighted by atomic mass is 10.1. The number of alkyl halides is 2. The van der Waals surface area contributed by atoms with E-state index in [4.69, 9.17) is 0 Å². The fourth-order valence-electron chi connectivity index (χ4n) is 2.64. The van der Waals surface area contributed by atoms with Crippen molar-refractivity contribution in [3.05, 3.63) is 59.2 Å². The van der Waals surface area contributed by atoms with Crippen molar-refractivity contribution in [2.75, 3.05) is 11.9 Å². The Morgan fingerprint density at radius 3 is 2.58 bits per heavy atom. The monoisotopic (exact) mass is 376 g/mol. The lowest BCUT2D eigenvalue weighted by molar-refractivity contribution is -0.116. The Hall–Kier alpha value is -2.74. The highest BCUT2D eigenvalue weighted by Crippen LogP contribution is 2.27. The Morgan fingerprint density at radius 2 is 1.85 bits per heavy atom. The van der Waals surface area contributed by atoms with Crippen LogP contribution in [0.25, 0.3) is 0 Å². The number of hydrogen-bond acceptors (Lipinski definition) is 4. The van der Waals surface area contributed by atoms with Crippen molar-refractivity contribution in [2.24, 2.45) is 0 Å². The van der Waals surface area contributed by atoms with Crippen LogP contribution >= 0.6 is 11.8 Å². The van der Waals surface area contributed by atoms with Crippen molar-refractivity contribution in [1.82, 2.24) is 4.90 Å². The number of amides is 3. The molecule has 2 aromatic carbocycles. The maximum Gasteiger partial charge on any atom is 0.288 e. The van der Waals surface area contributed by atoms with Crippen molar-refractivity contribution < 1.29 is 23.2 Å². The zero-order chi connectivity index (χ0) is 18.8. The summed E-state index contributed by atoms with van der Waals surface area (Å²) >= 11 is 0.363. The molecule has 5 nitrogen and oxygen atoms in total. The number of carbonyl (C=O) groups is 3. The normalized spacial score (nSPS) is 13.3. The molecule has 0 saturated carbocycles. The first kappa shape index (κ1) is 18.1. The topological polar surface area (TPSA) is 66.5 Å². The van der Waals surface area contributed by atoms with E-state index >= 15 is 0 Å². The Balaban J connectivity index is 1.69. The average Bonchev–Trinajstić information content (AvgIpc) is 2.79. The summed E-state index contributed by atoms with van der Waals surface area (Å²) in [5, 5.41) is 2.52. The predicted octanol–water partition coefficient (Wildman–Crippen LogP) is 3.54. The second-order valence-electron chi connectivity index (χ2n) is 5.70. The van der Waals surface area contributed by atoms with Crippen LogP contribution in [0.1, 0.15) is 26.3 Å². The molecule has 134 valence electrons. The van der Waals surface area contributed by atoms with Gasteiger partial charge in [-0.15, -0.1) is 0 Å². The summed E-state index contributed by atoms with van der Waals surface area (Å²) in [6.07, 6.45) is 0. The number of imide groups is 1. The molecule has 0 radical (unpaired) electrons. The first-order valence-corrected chi connectivity index (χ1v) is 8.54. The Bertz CT molecular complexity index is 902. The first-order chi connectivity index (χ1) is 12.3. The van der Waals surface area contributed by atoms with Crippen LogP contribution in [-0.2, 0) is 4.79 Å². The third-order valence-corrected chi connectivity index (χ3v) is 4.48. The van der Waals surface area contributed by atoms with Crippen molar-refractivity contribution >= 4 is 35.2 Å². The molecular formula is C18H14F2N2O3S. The molecule has 0 bridgehead atoms. The molecule has 0 fully saturated rings. The van der Waals surface area contributed by atoms with E-state index in [1.807, 2.05) is 0 Å². The van der Waals surface area contributed by atoms with E-state index in [9.17, 15) is 23.2 Å². The molecule has 0 atom stereocenters. The minimum atomic E-state index is -2.57. The second kappa shape index (κ2) is 7.25. The summed E-state index contributed by atoms with van der Waals surface area (Å²) < 4.78 is 24.8. The number of aryl methyl sites for hydroxylation is 1. The van der Waals surface area contributed by atoms with Gasteiger partial charge in [-0.1, -0.05) is 29.5 Å². The summed E-state index contributed by atoms with van der Waals surface area (Å²) in [6.45, 7) is 1.36. The van der Waals surface area contributed by atoms with Gasteiger partial charge in [-0.3, -0.25) is 19.3 Å². The molecular weight excluding hydrogens is 362 g/mol. The molecule has 2 aromatic rings. The van der Waals surface area contributed by atoms with E-state index < -0.39 is 30.0 Å². The number of rotatable bonds is 5. The minimum absolute atomic E-state index is 0.267. The molecule has 0 unspecified atom stereocenters. The van der Waals surface area contributed by atoms with Crippen LogP contribution in [0.4, 0.5) is 14.5 Å². The van der Waals surface area contributed by atoms with Gasteiger partial charge in [0.05, 0.1) is 11.1 Å². The summed E-state index contributed by atoms with van der Waals surface area (Å²) in [7, 11) is 0. The minimum Gasteiger partial charge on any atom is -0.324 e. The van der Waals surface area contributed by atoms with Gasteiger partial charge in [-0.25, -0.2) is 0 Å². The molecule has 0 aromatic heterocycles. The molecule has 0 saturated heterocycles. The second-order valence-corrected chi connectivity index (χ2v) is 6.76. The maximum absolute atomic E-state index is 12.4. The number of nitrogens with zero attached hydrogens (tertiary/aromatic N) is 1. The predicted molar refractivity (Wildman–Crippen MR) is 93.5 cm³/mol. The smallest absolute Gasteiger partial charge is 0.288 e. The Kier molecular flexibility index (Phi) is 5.03.